The normalized spacial score (nSPS) is 18.6. The molecule has 1 aliphatic rings. The molecule has 3 rings (SSSR count). The molecule has 0 saturated heterocycles. The van der Waals surface area contributed by atoms with Gasteiger partial charge < -0.3 is 20.9 Å². The molecule has 39 heavy (non-hydrogen) atoms. The Bertz CT molecular complexity index is 1380. The summed E-state index contributed by atoms with van der Waals surface area (Å²) in [5, 5.41) is 12.8. The highest BCUT2D eigenvalue weighted by atomic mass is 32.2. The van der Waals surface area contributed by atoms with Gasteiger partial charge in [0.05, 0.1) is 24.3 Å². The van der Waals surface area contributed by atoms with Gasteiger partial charge in [-0.15, -0.1) is 0 Å². The van der Waals surface area contributed by atoms with E-state index >= 15 is 0 Å². The molecule has 0 fully saturated rings. The van der Waals surface area contributed by atoms with Crippen molar-refractivity contribution >= 4 is 27.4 Å². The summed E-state index contributed by atoms with van der Waals surface area (Å²) >= 11 is 0. The lowest BCUT2D eigenvalue weighted by molar-refractivity contribution is -0.137. The predicted molar refractivity (Wildman–Crippen MR) is 157 cm³/mol. The van der Waals surface area contributed by atoms with Crippen molar-refractivity contribution in [3.05, 3.63) is 81.0 Å². The fourth-order valence-corrected chi connectivity index (χ4v) is 6.60. The van der Waals surface area contributed by atoms with Gasteiger partial charge in [-0.25, -0.2) is 8.42 Å². The smallest absolute Gasteiger partial charge is 0.304 e. The first-order chi connectivity index (χ1) is 18.4. The summed E-state index contributed by atoms with van der Waals surface area (Å²) in [6.07, 6.45) is 4.42. The van der Waals surface area contributed by atoms with Gasteiger partial charge in [0.15, 0.2) is 0 Å². The molecule has 9 heteroatoms. The summed E-state index contributed by atoms with van der Waals surface area (Å²) in [7, 11) is -2.03. The zero-order valence-electron chi connectivity index (χ0n) is 23.7. The summed E-state index contributed by atoms with van der Waals surface area (Å²) in [5.41, 5.74) is 11.9. The number of carbonyl (C=O) groups is 1. The van der Waals surface area contributed by atoms with E-state index in [9.17, 15) is 18.3 Å². The third kappa shape index (κ3) is 6.65. The van der Waals surface area contributed by atoms with Gasteiger partial charge >= 0.3 is 5.97 Å². The second kappa shape index (κ2) is 12.7. The van der Waals surface area contributed by atoms with E-state index in [1.165, 1.54) is 4.31 Å². The third-order valence-electron chi connectivity index (χ3n) is 7.38. The molecule has 2 atom stereocenters. The van der Waals surface area contributed by atoms with Gasteiger partial charge in [-0.05, 0) is 73.6 Å². The molecular weight excluding hydrogens is 514 g/mol. The number of rotatable bonds is 10. The van der Waals surface area contributed by atoms with E-state index in [1.807, 2.05) is 64.1 Å². The van der Waals surface area contributed by atoms with Gasteiger partial charge in [0.1, 0.15) is 16.8 Å². The first-order valence-corrected chi connectivity index (χ1v) is 14.8. The Morgan fingerprint density at radius 2 is 1.95 bits per heavy atom. The van der Waals surface area contributed by atoms with Gasteiger partial charge in [-0.3, -0.25) is 4.79 Å². The van der Waals surface area contributed by atoms with E-state index < -0.39 is 21.9 Å². The third-order valence-corrected chi connectivity index (χ3v) is 9.32. The molecule has 0 spiro atoms. The molecule has 212 valence electrons. The molecule has 2 aromatic carbocycles. The quantitative estimate of drug-likeness (QED) is 0.323. The van der Waals surface area contributed by atoms with E-state index in [4.69, 9.17) is 10.5 Å². The number of nitrogen functional groups attached to an aromatic ring is 1. The van der Waals surface area contributed by atoms with Crippen LogP contribution >= 0.6 is 0 Å². The van der Waals surface area contributed by atoms with Crippen LogP contribution in [0.3, 0.4) is 0 Å². The van der Waals surface area contributed by atoms with Gasteiger partial charge in [0.25, 0.3) is 0 Å². The number of sulfonamides is 1. The van der Waals surface area contributed by atoms with Crippen LogP contribution in [0.5, 0.6) is 0 Å². The van der Waals surface area contributed by atoms with E-state index in [2.05, 4.69) is 5.32 Å². The summed E-state index contributed by atoms with van der Waals surface area (Å²) in [6, 6.07) is 9.55. The average Bonchev–Trinajstić information content (AvgIpc) is 2.97. The van der Waals surface area contributed by atoms with Crippen LogP contribution in [0, 0.1) is 13.8 Å². The van der Waals surface area contributed by atoms with Gasteiger partial charge in [-0.1, -0.05) is 44.2 Å². The molecule has 0 saturated carbocycles. The van der Waals surface area contributed by atoms with Crippen LogP contribution in [0.25, 0.3) is 0 Å². The van der Waals surface area contributed by atoms with Gasteiger partial charge in [-0.2, -0.15) is 4.31 Å². The van der Waals surface area contributed by atoms with Crippen LogP contribution in [0.1, 0.15) is 73.8 Å². The molecule has 1 heterocycles. The standard InChI is InChI=1S/C30H41N3O5S/c1-7-9-10-28-21(5)38-24(8-2)18-33(39(28,36)37)17-23-15-22(12-11-19(23)3)26(16-29(34)35)25-13-14-27(32-6)30(31)20(25)4/h9-15,24,26,32H,7-8,16-18,31H2,1-6H3,(H,34,35)/b10-9-. The maximum atomic E-state index is 13.8. The number of hydrogen-bond donors (Lipinski definition) is 3. The molecule has 1 aliphatic heterocycles. The topological polar surface area (TPSA) is 122 Å². The van der Waals surface area contributed by atoms with Crippen molar-refractivity contribution in [2.45, 2.75) is 72.4 Å². The first-order valence-electron chi connectivity index (χ1n) is 13.4. The minimum Gasteiger partial charge on any atom is -0.492 e. The van der Waals surface area contributed by atoms with E-state index in [0.717, 1.165) is 33.5 Å². The molecule has 0 aliphatic carbocycles. The Hall–Kier alpha value is -3.30. The molecule has 8 nitrogen and oxygen atoms in total. The lowest BCUT2D eigenvalue weighted by atomic mass is 9.84. The molecule has 0 aromatic heterocycles. The summed E-state index contributed by atoms with van der Waals surface area (Å²) in [4.78, 5) is 12.1. The minimum atomic E-state index is -3.82. The van der Waals surface area contributed by atoms with Crippen molar-refractivity contribution in [3.8, 4) is 0 Å². The SMILES string of the molecule is CC/C=C\C1=C(C)OC(CC)CN(Cc2cc(C(CC(=O)O)c3ccc(NC)c(N)c3C)ccc2C)S1(=O)=O. The summed E-state index contributed by atoms with van der Waals surface area (Å²) in [6.45, 7) is 9.84. The predicted octanol–water partition coefficient (Wildman–Crippen LogP) is 5.67. The van der Waals surface area contributed by atoms with Crippen LogP contribution in [-0.2, 0) is 26.1 Å². The van der Waals surface area contributed by atoms with Crippen molar-refractivity contribution < 1.29 is 23.1 Å². The number of allylic oxidation sites excluding steroid dienone is 3. The van der Waals surface area contributed by atoms with E-state index in [1.54, 1.807) is 20.0 Å². The van der Waals surface area contributed by atoms with Crippen LogP contribution in [0.15, 0.2) is 53.1 Å². The largest absolute Gasteiger partial charge is 0.492 e. The van der Waals surface area contributed by atoms with Crippen LogP contribution < -0.4 is 11.1 Å². The number of benzene rings is 2. The molecule has 2 aromatic rings. The van der Waals surface area contributed by atoms with Crippen LogP contribution in [-0.4, -0.2) is 43.5 Å². The first kappa shape index (κ1) is 30.2. The maximum Gasteiger partial charge on any atom is 0.304 e. The monoisotopic (exact) mass is 555 g/mol. The fourth-order valence-electron chi connectivity index (χ4n) is 4.97. The number of hydrogen-bond acceptors (Lipinski definition) is 6. The highest BCUT2D eigenvalue weighted by Gasteiger charge is 2.34. The van der Waals surface area contributed by atoms with Crippen molar-refractivity contribution in [3.63, 3.8) is 0 Å². The Labute approximate surface area is 232 Å². The Morgan fingerprint density at radius 3 is 2.56 bits per heavy atom. The lowest BCUT2D eigenvalue weighted by Gasteiger charge is -2.25. The Balaban J connectivity index is 2.09. The van der Waals surface area contributed by atoms with Crippen molar-refractivity contribution in [2.24, 2.45) is 0 Å². The molecule has 2 unspecified atom stereocenters. The highest BCUT2D eigenvalue weighted by molar-refractivity contribution is 7.93. The molecule has 4 N–H and O–H groups in total. The minimum absolute atomic E-state index is 0.122. The number of carboxylic acids is 1. The molecule has 0 radical (unpaired) electrons. The summed E-state index contributed by atoms with van der Waals surface area (Å²) in [5.74, 6) is -0.976. The van der Waals surface area contributed by atoms with Crippen molar-refractivity contribution in [1.29, 1.82) is 0 Å². The van der Waals surface area contributed by atoms with Crippen LogP contribution in [0.2, 0.25) is 0 Å². The second-order valence-electron chi connectivity index (χ2n) is 10.0. The summed E-state index contributed by atoms with van der Waals surface area (Å²) < 4.78 is 35.1. The van der Waals surface area contributed by atoms with Crippen LogP contribution in [0.4, 0.5) is 11.4 Å². The zero-order valence-corrected chi connectivity index (χ0v) is 24.6. The maximum absolute atomic E-state index is 13.8. The Morgan fingerprint density at radius 1 is 1.23 bits per heavy atom. The van der Waals surface area contributed by atoms with Gasteiger partial charge in [0, 0.05) is 19.5 Å². The number of carboxylic acid groups (broad SMARTS) is 1. The molecular formula is C30H41N3O5S. The second-order valence-corrected chi connectivity index (χ2v) is 11.9. The number of nitrogens with zero attached hydrogens (tertiary/aromatic N) is 1. The van der Waals surface area contributed by atoms with Crippen molar-refractivity contribution in [1.82, 2.24) is 4.31 Å². The number of aryl methyl sites for hydroxylation is 1. The fraction of sp³-hybridized carbons (Fsp3) is 0.433. The zero-order chi connectivity index (χ0) is 28.9. The average molecular weight is 556 g/mol. The van der Waals surface area contributed by atoms with E-state index in [0.29, 0.717) is 24.3 Å². The number of nitrogens with two attached hydrogens (primary N) is 1. The molecule has 0 bridgehead atoms. The van der Waals surface area contributed by atoms with E-state index in [-0.39, 0.29) is 30.5 Å². The number of aliphatic carboxylic acids is 1. The van der Waals surface area contributed by atoms with Gasteiger partial charge in [0.2, 0.25) is 10.0 Å². The lowest BCUT2D eigenvalue weighted by Crippen LogP contribution is -2.36. The number of anilines is 2. The number of nitrogens with one attached hydrogen (secondary N) is 1. The van der Waals surface area contributed by atoms with Crippen molar-refractivity contribution in [2.75, 3.05) is 24.6 Å². The Kier molecular flexibility index (Phi) is 9.85. The molecule has 0 amide bonds. The number of ether oxygens (including phenoxy) is 1. The highest BCUT2D eigenvalue weighted by Crippen LogP contribution is 2.37.